The molecule has 2 rings (SSSR count). The van der Waals surface area contributed by atoms with Crippen molar-refractivity contribution in [3.8, 4) is 0 Å². The minimum atomic E-state index is -2.00. The van der Waals surface area contributed by atoms with Crippen molar-refractivity contribution < 1.29 is 24.1 Å². The molecule has 0 amide bonds. The second-order valence-electron chi connectivity index (χ2n) is 4.32. The van der Waals surface area contributed by atoms with Gasteiger partial charge in [-0.1, -0.05) is 0 Å². The number of aromatic nitrogens is 2. The summed E-state index contributed by atoms with van der Waals surface area (Å²) in [6.07, 6.45) is -4.23. The fourth-order valence-electron chi connectivity index (χ4n) is 2.12. The molecule has 1 fully saturated rings. The molecule has 0 radical (unpaired) electrons. The monoisotopic (exact) mass is 290 g/mol. The molecule has 1 saturated heterocycles. The average Bonchev–Trinajstić information content (AvgIpc) is 2.65. The number of hydrogen-bond donors (Lipinski definition) is 3. The van der Waals surface area contributed by atoms with Crippen LogP contribution >= 0.6 is 0 Å². The van der Waals surface area contributed by atoms with Crippen LogP contribution in [0.5, 0.6) is 0 Å². The Morgan fingerprint density at radius 2 is 2.30 bits per heavy atom. The van der Waals surface area contributed by atoms with Gasteiger partial charge < -0.3 is 19.7 Å². The third-order valence-electron chi connectivity index (χ3n) is 3.08. The van der Waals surface area contributed by atoms with Crippen LogP contribution in [0.3, 0.4) is 0 Å². The summed E-state index contributed by atoms with van der Waals surface area (Å²) in [5.74, 6) is -1.94. The number of nitrogens with zero attached hydrogens (tertiary/aromatic N) is 1. The summed E-state index contributed by atoms with van der Waals surface area (Å²) in [4.78, 5) is 24.5. The van der Waals surface area contributed by atoms with E-state index < -0.39 is 42.1 Å². The Balaban J connectivity index is 2.39. The Kier molecular flexibility index (Phi) is 4.04. The van der Waals surface area contributed by atoms with Gasteiger partial charge in [-0.15, -0.1) is 0 Å². The highest BCUT2D eigenvalue weighted by molar-refractivity contribution is 4.97. The standard InChI is InChI=1S/C11H15FN2O6/c1-2-19-11(5-15)8(17)7(12)9(20-11)14-4-3-6(16)13-10(14)18/h3-4,7-9,15,17H,2,5H2,1H3,(H,13,16,18). The van der Waals surface area contributed by atoms with Gasteiger partial charge in [0.05, 0.1) is 0 Å². The van der Waals surface area contributed by atoms with Gasteiger partial charge in [0.15, 0.2) is 12.4 Å². The number of alkyl halides is 1. The van der Waals surface area contributed by atoms with Crippen molar-refractivity contribution in [1.29, 1.82) is 0 Å². The smallest absolute Gasteiger partial charge is 0.330 e. The van der Waals surface area contributed by atoms with Gasteiger partial charge in [-0.05, 0) is 6.92 Å². The highest BCUT2D eigenvalue weighted by atomic mass is 19.1. The molecular formula is C11H15FN2O6. The van der Waals surface area contributed by atoms with E-state index in [1.54, 1.807) is 6.92 Å². The summed E-state index contributed by atoms with van der Waals surface area (Å²) in [5, 5.41) is 19.1. The van der Waals surface area contributed by atoms with Crippen LogP contribution in [-0.4, -0.2) is 51.0 Å². The molecule has 1 aliphatic heterocycles. The molecule has 4 atom stereocenters. The van der Waals surface area contributed by atoms with E-state index in [9.17, 15) is 24.2 Å². The van der Waals surface area contributed by atoms with Crippen LogP contribution in [0.25, 0.3) is 0 Å². The van der Waals surface area contributed by atoms with E-state index in [1.165, 1.54) is 0 Å². The Bertz CT molecular complexity index is 587. The highest BCUT2D eigenvalue weighted by Gasteiger charge is 2.57. The van der Waals surface area contributed by atoms with Gasteiger partial charge in [-0.25, -0.2) is 9.18 Å². The van der Waals surface area contributed by atoms with Crippen molar-refractivity contribution in [2.45, 2.75) is 31.2 Å². The molecule has 8 nitrogen and oxygen atoms in total. The number of H-pyrrole nitrogens is 1. The summed E-state index contributed by atoms with van der Waals surface area (Å²) in [7, 11) is 0. The van der Waals surface area contributed by atoms with Crippen molar-refractivity contribution >= 4 is 0 Å². The van der Waals surface area contributed by atoms with Gasteiger partial charge in [0.1, 0.15) is 12.7 Å². The van der Waals surface area contributed by atoms with Gasteiger partial charge >= 0.3 is 5.69 Å². The van der Waals surface area contributed by atoms with Gasteiger partial charge in [0, 0.05) is 18.9 Å². The molecule has 20 heavy (non-hydrogen) atoms. The Morgan fingerprint density at radius 3 is 2.85 bits per heavy atom. The number of ether oxygens (including phenoxy) is 2. The van der Waals surface area contributed by atoms with Crippen LogP contribution in [0, 0.1) is 0 Å². The molecule has 0 spiro atoms. The van der Waals surface area contributed by atoms with Crippen LogP contribution in [0.1, 0.15) is 13.2 Å². The number of rotatable bonds is 4. The lowest BCUT2D eigenvalue weighted by Gasteiger charge is -2.29. The van der Waals surface area contributed by atoms with Crippen LogP contribution < -0.4 is 11.2 Å². The van der Waals surface area contributed by atoms with Crippen LogP contribution in [0.4, 0.5) is 4.39 Å². The number of halogens is 1. The molecule has 3 N–H and O–H groups in total. The predicted octanol–water partition coefficient (Wildman–Crippen LogP) is -1.51. The lowest BCUT2D eigenvalue weighted by atomic mass is 10.1. The van der Waals surface area contributed by atoms with Gasteiger partial charge in [0.25, 0.3) is 5.56 Å². The second-order valence-corrected chi connectivity index (χ2v) is 4.32. The van der Waals surface area contributed by atoms with Gasteiger partial charge in [-0.2, -0.15) is 0 Å². The molecule has 2 heterocycles. The van der Waals surface area contributed by atoms with E-state index in [0.29, 0.717) is 0 Å². The summed E-state index contributed by atoms with van der Waals surface area (Å²) < 4.78 is 25.2. The van der Waals surface area contributed by atoms with E-state index in [4.69, 9.17) is 9.47 Å². The fraction of sp³-hybridized carbons (Fsp3) is 0.636. The molecule has 0 aromatic carbocycles. The third-order valence-corrected chi connectivity index (χ3v) is 3.08. The number of aliphatic hydroxyl groups excluding tert-OH is 2. The quantitative estimate of drug-likeness (QED) is 0.621. The molecular weight excluding hydrogens is 275 g/mol. The number of aromatic amines is 1. The van der Waals surface area contributed by atoms with Crippen LogP contribution in [0.2, 0.25) is 0 Å². The zero-order valence-electron chi connectivity index (χ0n) is 10.7. The molecule has 4 unspecified atom stereocenters. The molecule has 0 saturated carbocycles. The SMILES string of the molecule is CCOC1(CO)OC(n2ccc(=O)[nH]c2=O)C(F)C1O. The second kappa shape index (κ2) is 5.44. The van der Waals surface area contributed by atoms with E-state index >= 15 is 0 Å². The maximum absolute atomic E-state index is 14.1. The molecule has 9 heteroatoms. The van der Waals surface area contributed by atoms with E-state index in [1.807, 2.05) is 4.98 Å². The molecule has 1 aromatic rings. The Hall–Kier alpha value is -1.55. The largest absolute Gasteiger partial charge is 0.391 e. The Labute approximate surface area is 112 Å². The predicted molar refractivity (Wildman–Crippen MR) is 63.8 cm³/mol. The minimum absolute atomic E-state index is 0.0670. The molecule has 0 bridgehead atoms. The number of aliphatic hydroxyl groups is 2. The maximum atomic E-state index is 14.1. The average molecular weight is 290 g/mol. The zero-order valence-corrected chi connectivity index (χ0v) is 10.7. The van der Waals surface area contributed by atoms with E-state index in [2.05, 4.69) is 0 Å². The maximum Gasteiger partial charge on any atom is 0.330 e. The molecule has 0 aliphatic carbocycles. The molecule has 112 valence electrons. The summed E-state index contributed by atoms with van der Waals surface area (Å²) in [5.41, 5.74) is -1.53. The normalized spacial score (nSPS) is 33.5. The first kappa shape index (κ1) is 14.9. The van der Waals surface area contributed by atoms with Crippen molar-refractivity contribution in [2.24, 2.45) is 0 Å². The molecule has 1 aromatic heterocycles. The first-order chi connectivity index (χ1) is 9.45. The van der Waals surface area contributed by atoms with E-state index in [-0.39, 0.29) is 6.61 Å². The fourth-order valence-corrected chi connectivity index (χ4v) is 2.12. The first-order valence-electron chi connectivity index (χ1n) is 6.01. The number of nitrogens with one attached hydrogen (secondary N) is 1. The van der Waals surface area contributed by atoms with Crippen molar-refractivity contribution in [1.82, 2.24) is 9.55 Å². The van der Waals surface area contributed by atoms with Gasteiger partial charge in [0.2, 0.25) is 5.79 Å². The molecule has 1 aliphatic rings. The Morgan fingerprint density at radius 1 is 1.60 bits per heavy atom. The van der Waals surface area contributed by atoms with Crippen LogP contribution in [-0.2, 0) is 9.47 Å². The van der Waals surface area contributed by atoms with Crippen molar-refractivity contribution in [3.63, 3.8) is 0 Å². The third kappa shape index (κ3) is 2.29. The van der Waals surface area contributed by atoms with Crippen molar-refractivity contribution in [2.75, 3.05) is 13.2 Å². The zero-order chi connectivity index (χ0) is 14.9. The van der Waals surface area contributed by atoms with E-state index in [0.717, 1.165) is 16.8 Å². The lowest BCUT2D eigenvalue weighted by Crippen LogP contribution is -2.47. The van der Waals surface area contributed by atoms with Gasteiger partial charge in [-0.3, -0.25) is 14.3 Å². The first-order valence-corrected chi connectivity index (χ1v) is 6.01. The van der Waals surface area contributed by atoms with Crippen molar-refractivity contribution in [3.05, 3.63) is 33.1 Å². The van der Waals surface area contributed by atoms with Crippen LogP contribution in [0.15, 0.2) is 21.9 Å². The lowest BCUT2D eigenvalue weighted by molar-refractivity contribution is -0.280. The highest BCUT2D eigenvalue weighted by Crippen LogP contribution is 2.38. The number of hydrogen-bond acceptors (Lipinski definition) is 6. The summed E-state index contributed by atoms with van der Waals surface area (Å²) in [6.45, 7) is 0.870. The summed E-state index contributed by atoms with van der Waals surface area (Å²) in [6, 6.07) is 1.02. The topological polar surface area (TPSA) is 114 Å². The summed E-state index contributed by atoms with van der Waals surface area (Å²) >= 11 is 0. The minimum Gasteiger partial charge on any atom is -0.391 e.